The van der Waals surface area contributed by atoms with Crippen LogP contribution < -0.4 is 10.1 Å². The molecule has 0 unspecified atom stereocenters. The van der Waals surface area contributed by atoms with Crippen molar-refractivity contribution in [3.8, 4) is 11.6 Å². The normalized spacial score (nSPS) is 10.9. The van der Waals surface area contributed by atoms with Gasteiger partial charge in [-0.2, -0.15) is 9.78 Å². The lowest BCUT2D eigenvalue weighted by molar-refractivity contribution is 0.0527. The van der Waals surface area contributed by atoms with Crippen LogP contribution in [0.25, 0.3) is 16.7 Å². The van der Waals surface area contributed by atoms with Gasteiger partial charge in [0.05, 0.1) is 31.0 Å². The molecule has 8 nitrogen and oxygen atoms in total. The number of hydrogen-bond acceptors (Lipinski definition) is 6. The molecule has 9 heteroatoms. The number of methoxy groups -OCH3 is 1. The molecule has 4 aromatic rings. The van der Waals surface area contributed by atoms with E-state index in [-0.39, 0.29) is 23.6 Å². The highest BCUT2D eigenvalue weighted by Gasteiger charge is 2.24. The number of amides is 1. The number of aromatic nitrogens is 3. The third kappa shape index (κ3) is 4.70. The van der Waals surface area contributed by atoms with Crippen molar-refractivity contribution in [1.29, 1.82) is 0 Å². The summed E-state index contributed by atoms with van der Waals surface area (Å²) in [6.07, 6.45) is 1.35. The van der Waals surface area contributed by atoms with E-state index in [9.17, 15) is 9.59 Å². The number of nitrogens with one attached hydrogen (secondary N) is 1. The van der Waals surface area contributed by atoms with Gasteiger partial charge in [0.15, 0.2) is 11.6 Å². The lowest BCUT2D eigenvalue weighted by Gasteiger charge is -2.14. The summed E-state index contributed by atoms with van der Waals surface area (Å²) in [6, 6.07) is 10.7. The highest BCUT2D eigenvalue weighted by Crippen LogP contribution is 2.29. The molecule has 35 heavy (non-hydrogen) atoms. The molecule has 2 aromatic carbocycles. The molecule has 0 fully saturated rings. The maximum absolute atomic E-state index is 13.3. The van der Waals surface area contributed by atoms with Gasteiger partial charge < -0.3 is 14.8 Å². The van der Waals surface area contributed by atoms with Crippen LogP contribution in [-0.4, -0.2) is 40.4 Å². The van der Waals surface area contributed by atoms with Crippen LogP contribution in [0.3, 0.4) is 0 Å². The molecule has 2 aromatic heterocycles. The Morgan fingerprint density at radius 3 is 2.54 bits per heavy atom. The number of esters is 1. The number of fused-ring (bicyclic) bond motifs is 1. The SMILES string of the molecule is CCOC(=O)c1cnn(-c2cc(C)c3cc(C)cc(C)c3n2)c1NC(=O)c1cc(Cl)ccc1OC. The van der Waals surface area contributed by atoms with E-state index < -0.39 is 11.9 Å². The molecule has 1 amide bonds. The fraction of sp³-hybridized carbons (Fsp3) is 0.231. The van der Waals surface area contributed by atoms with Gasteiger partial charge in [-0.3, -0.25) is 4.79 Å². The lowest BCUT2D eigenvalue weighted by atomic mass is 10.0. The highest BCUT2D eigenvalue weighted by atomic mass is 35.5. The zero-order valence-electron chi connectivity index (χ0n) is 20.1. The maximum atomic E-state index is 13.3. The molecule has 0 aliphatic carbocycles. The summed E-state index contributed by atoms with van der Waals surface area (Å²) in [5, 5.41) is 8.56. The predicted molar refractivity (Wildman–Crippen MR) is 135 cm³/mol. The summed E-state index contributed by atoms with van der Waals surface area (Å²) in [6.45, 7) is 7.89. The smallest absolute Gasteiger partial charge is 0.343 e. The molecule has 0 saturated carbocycles. The van der Waals surface area contributed by atoms with Crippen LogP contribution in [-0.2, 0) is 4.74 Å². The number of benzene rings is 2. The van der Waals surface area contributed by atoms with Crippen LogP contribution >= 0.6 is 11.6 Å². The Bertz CT molecular complexity index is 1460. The third-order valence-corrected chi connectivity index (χ3v) is 5.80. The first-order valence-electron chi connectivity index (χ1n) is 11.0. The number of carbonyl (C=O) groups is 2. The summed E-state index contributed by atoms with van der Waals surface area (Å²) in [4.78, 5) is 30.8. The average Bonchev–Trinajstić information content (AvgIpc) is 3.23. The summed E-state index contributed by atoms with van der Waals surface area (Å²) in [5.74, 6) is -0.226. The van der Waals surface area contributed by atoms with Crippen molar-refractivity contribution in [2.24, 2.45) is 0 Å². The van der Waals surface area contributed by atoms with Crippen molar-refractivity contribution in [3.05, 3.63) is 75.4 Å². The van der Waals surface area contributed by atoms with Crippen LogP contribution in [0.5, 0.6) is 5.75 Å². The summed E-state index contributed by atoms with van der Waals surface area (Å²) < 4.78 is 11.9. The second-order valence-electron chi connectivity index (χ2n) is 8.11. The van der Waals surface area contributed by atoms with Gasteiger partial charge in [0.2, 0.25) is 0 Å². The molecule has 0 saturated heterocycles. The molecule has 4 rings (SSSR count). The van der Waals surface area contributed by atoms with E-state index in [0.29, 0.717) is 16.6 Å². The lowest BCUT2D eigenvalue weighted by Crippen LogP contribution is -2.19. The molecule has 0 bridgehead atoms. The van der Waals surface area contributed by atoms with Gasteiger partial charge in [-0.25, -0.2) is 9.78 Å². The molecule has 0 radical (unpaired) electrons. The van der Waals surface area contributed by atoms with Gasteiger partial charge in [0.25, 0.3) is 5.91 Å². The van der Waals surface area contributed by atoms with E-state index in [2.05, 4.69) is 22.5 Å². The highest BCUT2D eigenvalue weighted by molar-refractivity contribution is 6.31. The van der Waals surface area contributed by atoms with Gasteiger partial charge in [-0.15, -0.1) is 0 Å². The molecule has 0 atom stereocenters. The van der Waals surface area contributed by atoms with Gasteiger partial charge in [0, 0.05) is 10.4 Å². The number of rotatable bonds is 6. The monoisotopic (exact) mass is 492 g/mol. The van der Waals surface area contributed by atoms with Gasteiger partial charge in [-0.1, -0.05) is 23.2 Å². The average molecular weight is 493 g/mol. The minimum atomic E-state index is -0.614. The second kappa shape index (κ2) is 9.76. The quantitative estimate of drug-likeness (QED) is 0.360. The van der Waals surface area contributed by atoms with Crippen LogP contribution in [0.1, 0.15) is 44.3 Å². The minimum absolute atomic E-state index is 0.0985. The Hall–Kier alpha value is -3.91. The first kappa shape index (κ1) is 24.2. The molecule has 2 heterocycles. The Kier molecular flexibility index (Phi) is 6.75. The zero-order chi connectivity index (χ0) is 25.3. The van der Waals surface area contributed by atoms with Gasteiger partial charge in [-0.05, 0) is 69.2 Å². The van der Waals surface area contributed by atoms with Gasteiger partial charge >= 0.3 is 5.97 Å². The topological polar surface area (TPSA) is 95.3 Å². The fourth-order valence-electron chi connectivity index (χ4n) is 3.97. The molecule has 0 aliphatic heterocycles. The summed E-state index contributed by atoms with van der Waals surface area (Å²) in [5.41, 5.74) is 4.25. The van der Waals surface area contributed by atoms with Crippen molar-refractivity contribution in [3.63, 3.8) is 0 Å². The van der Waals surface area contributed by atoms with E-state index in [1.54, 1.807) is 19.1 Å². The minimum Gasteiger partial charge on any atom is -0.496 e. The summed E-state index contributed by atoms with van der Waals surface area (Å²) in [7, 11) is 1.46. The van der Waals surface area contributed by atoms with Crippen LogP contribution in [0.4, 0.5) is 5.82 Å². The zero-order valence-corrected chi connectivity index (χ0v) is 20.9. The number of halogens is 1. The summed E-state index contributed by atoms with van der Waals surface area (Å²) >= 11 is 6.11. The number of carbonyl (C=O) groups excluding carboxylic acids is 2. The number of anilines is 1. The van der Waals surface area contributed by atoms with E-state index >= 15 is 0 Å². The van der Waals surface area contributed by atoms with Crippen molar-refractivity contribution in [2.45, 2.75) is 27.7 Å². The Morgan fingerprint density at radius 2 is 1.83 bits per heavy atom. The Labute approximate surface area is 207 Å². The molecule has 0 aliphatic rings. The molecular formula is C26H25ClN4O4. The van der Waals surface area contributed by atoms with Crippen molar-refractivity contribution < 1.29 is 19.1 Å². The molecular weight excluding hydrogens is 468 g/mol. The molecule has 0 spiro atoms. The van der Waals surface area contributed by atoms with E-state index in [1.807, 2.05) is 26.8 Å². The fourth-order valence-corrected chi connectivity index (χ4v) is 4.14. The van der Waals surface area contributed by atoms with Crippen LogP contribution in [0.15, 0.2) is 42.6 Å². The van der Waals surface area contributed by atoms with Gasteiger partial charge in [0.1, 0.15) is 11.3 Å². The number of ether oxygens (including phenoxy) is 2. The molecule has 180 valence electrons. The first-order chi connectivity index (χ1) is 16.7. The van der Waals surface area contributed by atoms with E-state index in [1.165, 1.54) is 24.1 Å². The number of aryl methyl sites for hydroxylation is 3. The second-order valence-corrected chi connectivity index (χ2v) is 8.55. The number of pyridine rings is 1. The maximum Gasteiger partial charge on any atom is 0.343 e. The van der Waals surface area contributed by atoms with E-state index in [4.69, 9.17) is 26.1 Å². The Morgan fingerprint density at radius 1 is 1.06 bits per heavy atom. The van der Waals surface area contributed by atoms with Crippen LogP contribution in [0, 0.1) is 20.8 Å². The molecule has 1 N–H and O–H groups in total. The van der Waals surface area contributed by atoms with Crippen molar-refractivity contribution >= 4 is 40.2 Å². The number of hydrogen-bond donors (Lipinski definition) is 1. The first-order valence-corrected chi connectivity index (χ1v) is 11.4. The predicted octanol–water partition coefficient (Wildman–Crippen LogP) is 5.44. The Balaban J connectivity index is 1.86. The van der Waals surface area contributed by atoms with Crippen molar-refractivity contribution in [1.82, 2.24) is 14.8 Å². The van der Waals surface area contributed by atoms with E-state index in [0.717, 1.165) is 27.6 Å². The van der Waals surface area contributed by atoms with Crippen molar-refractivity contribution in [2.75, 3.05) is 19.0 Å². The largest absolute Gasteiger partial charge is 0.496 e. The number of nitrogens with zero attached hydrogens (tertiary/aromatic N) is 3. The standard InChI is InChI=1S/C26H25ClN4O4/c1-6-35-26(33)20-13-28-31(22-11-15(3)18-10-14(2)9-16(4)23(18)29-22)24(20)30-25(32)19-12-17(27)7-8-21(19)34-5/h7-13H,6H2,1-5H3,(H,30,32). The van der Waals surface area contributed by atoms with Crippen LogP contribution in [0.2, 0.25) is 5.02 Å². The third-order valence-electron chi connectivity index (χ3n) is 5.56.